The number of hydrogen-bond acceptors (Lipinski definition) is 2. The molecule has 0 radical (unpaired) electrons. The minimum atomic E-state index is 0.0974. The summed E-state index contributed by atoms with van der Waals surface area (Å²) in [5.41, 5.74) is 0.0974. The van der Waals surface area contributed by atoms with Crippen LogP contribution in [0.15, 0.2) is 0 Å². The Morgan fingerprint density at radius 2 is 2.19 bits per heavy atom. The summed E-state index contributed by atoms with van der Waals surface area (Å²) in [7, 11) is 0. The maximum atomic E-state index is 11.8. The number of nitrogens with one attached hydrogen (secondary N) is 1. The van der Waals surface area contributed by atoms with Crippen molar-refractivity contribution in [2.75, 3.05) is 11.9 Å². The van der Waals surface area contributed by atoms with Gasteiger partial charge in [0.1, 0.15) is 0 Å². The zero-order chi connectivity index (χ0) is 11.6. The highest BCUT2D eigenvalue weighted by atomic mass is 79.9. The van der Waals surface area contributed by atoms with Gasteiger partial charge < -0.3 is 10.1 Å². The molecule has 0 aliphatic heterocycles. The summed E-state index contributed by atoms with van der Waals surface area (Å²) in [6.45, 7) is 2.81. The molecule has 0 bridgehead atoms. The highest BCUT2D eigenvalue weighted by Crippen LogP contribution is 2.38. The van der Waals surface area contributed by atoms with Gasteiger partial charge in [-0.05, 0) is 38.5 Å². The Bertz CT molecular complexity index is 260. The van der Waals surface area contributed by atoms with Crippen LogP contribution in [0.5, 0.6) is 0 Å². The van der Waals surface area contributed by atoms with Gasteiger partial charge in [0.2, 0.25) is 5.91 Å². The lowest BCUT2D eigenvalue weighted by Crippen LogP contribution is -2.41. The quantitative estimate of drug-likeness (QED) is 0.762. The van der Waals surface area contributed by atoms with Crippen LogP contribution in [0.3, 0.4) is 0 Å². The molecule has 3 nitrogen and oxygen atoms in total. The fourth-order valence-corrected chi connectivity index (χ4v) is 2.97. The van der Waals surface area contributed by atoms with Gasteiger partial charge in [-0.15, -0.1) is 0 Å². The Labute approximate surface area is 105 Å². The minimum Gasteiger partial charge on any atom is -0.378 e. The predicted octanol–water partition coefficient (Wildman–Crippen LogP) is 2.24. The highest BCUT2D eigenvalue weighted by Gasteiger charge is 2.43. The summed E-state index contributed by atoms with van der Waals surface area (Å²) in [5.74, 6) is 0.763. The van der Waals surface area contributed by atoms with Crippen LogP contribution in [0.2, 0.25) is 0 Å². The molecule has 2 saturated carbocycles. The van der Waals surface area contributed by atoms with Crippen LogP contribution < -0.4 is 5.32 Å². The van der Waals surface area contributed by atoms with Crippen molar-refractivity contribution in [2.24, 2.45) is 5.92 Å². The number of carbonyl (C=O) groups is 1. The Morgan fingerprint density at radius 1 is 1.50 bits per heavy atom. The lowest BCUT2D eigenvalue weighted by molar-refractivity contribution is -0.125. The van der Waals surface area contributed by atoms with E-state index in [9.17, 15) is 4.79 Å². The van der Waals surface area contributed by atoms with Crippen LogP contribution in [0.25, 0.3) is 0 Å². The third kappa shape index (κ3) is 2.98. The second kappa shape index (κ2) is 5.05. The number of ether oxygens (including phenoxy) is 1. The third-order valence-corrected chi connectivity index (χ3v) is 4.66. The Balaban J connectivity index is 1.62. The molecule has 1 N–H and O–H groups in total. The molecule has 0 saturated heterocycles. The van der Waals surface area contributed by atoms with Gasteiger partial charge in [0.05, 0.1) is 6.10 Å². The Hall–Kier alpha value is -0.0900. The standard InChI is InChI=1S/C12H20BrNO2/c1-2-16-10-5-9(6-10)7-11(15)14-12(8-13)3-4-12/h9-10H,2-8H2,1H3,(H,14,15). The van der Waals surface area contributed by atoms with Crippen LogP contribution in [0.4, 0.5) is 0 Å². The summed E-state index contributed by atoms with van der Waals surface area (Å²) in [6.07, 6.45) is 5.45. The van der Waals surface area contributed by atoms with Gasteiger partial charge in [0.15, 0.2) is 0 Å². The number of carbonyl (C=O) groups excluding carboxylic acids is 1. The van der Waals surface area contributed by atoms with Crippen molar-refractivity contribution in [3.8, 4) is 0 Å². The molecule has 2 rings (SSSR count). The zero-order valence-electron chi connectivity index (χ0n) is 9.80. The van der Waals surface area contributed by atoms with E-state index in [0.717, 1.165) is 37.6 Å². The number of rotatable bonds is 6. The van der Waals surface area contributed by atoms with Gasteiger partial charge in [-0.2, -0.15) is 0 Å². The van der Waals surface area contributed by atoms with E-state index in [1.807, 2.05) is 6.92 Å². The van der Waals surface area contributed by atoms with Crippen LogP contribution in [-0.4, -0.2) is 29.5 Å². The minimum absolute atomic E-state index is 0.0974. The van der Waals surface area contributed by atoms with Gasteiger partial charge in [-0.1, -0.05) is 15.9 Å². The molecule has 0 unspecified atom stereocenters. The molecular formula is C12H20BrNO2. The van der Waals surface area contributed by atoms with E-state index in [-0.39, 0.29) is 11.4 Å². The number of halogens is 1. The van der Waals surface area contributed by atoms with Crippen LogP contribution in [-0.2, 0) is 9.53 Å². The molecule has 0 aromatic heterocycles. The van der Waals surface area contributed by atoms with E-state index in [4.69, 9.17) is 4.74 Å². The van der Waals surface area contributed by atoms with Gasteiger partial charge in [0, 0.05) is 23.9 Å². The van der Waals surface area contributed by atoms with Crippen molar-refractivity contribution in [2.45, 2.75) is 50.7 Å². The van der Waals surface area contributed by atoms with E-state index in [2.05, 4.69) is 21.2 Å². The molecule has 2 aliphatic carbocycles. The molecule has 92 valence electrons. The van der Waals surface area contributed by atoms with Gasteiger partial charge in [-0.3, -0.25) is 4.79 Å². The average Bonchev–Trinajstić information content (AvgIpc) is 2.95. The monoisotopic (exact) mass is 289 g/mol. The average molecular weight is 290 g/mol. The van der Waals surface area contributed by atoms with Crippen molar-refractivity contribution in [3.63, 3.8) is 0 Å². The maximum Gasteiger partial charge on any atom is 0.220 e. The predicted molar refractivity (Wildman–Crippen MR) is 66.7 cm³/mol. The van der Waals surface area contributed by atoms with E-state index >= 15 is 0 Å². The molecule has 0 aromatic rings. The molecule has 0 atom stereocenters. The lowest BCUT2D eigenvalue weighted by atomic mass is 9.80. The van der Waals surface area contributed by atoms with Crippen molar-refractivity contribution in [1.82, 2.24) is 5.32 Å². The second-order valence-electron chi connectivity index (χ2n) is 5.08. The number of alkyl halides is 1. The molecule has 4 heteroatoms. The normalized spacial score (nSPS) is 30.6. The molecule has 0 heterocycles. The summed E-state index contributed by atoms with van der Waals surface area (Å²) in [4.78, 5) is 11.8. The van der Waals surface area contributed by atoms with Crippen molar-refractivity contribution >= 4 is 21.8 Å². The lowest BCUT2D eigenvalue weighted by Gasteiger charge is -2.34. The fourth-order valence-electron chi connectivity index (χ4n) is 2.26. The third-order valence-electron chi connectivity index (χ3n) is 3.58. The van der Waals surface area contributed by atoms with Crippen LogP contribution >= 0.6 is 15.9 Å². The molecule has 0 spiro atoms. The van der Waals surface area contributed by atoms with E-state index < -0.39 is 0 Å². The molecular weight excluding hydrogens is 270 g/mol. The molecule has 1 amide bonds. The Morgan fingerprint density at radius 3 is 2.69 bits per heavy atom. The molecule has 0 aromatic carbocycles. The molecule has 2 fully saturated rings. The molecule has 16 heavy (non-hydrogen) atoms. The summed E-state index contributed by atoms with van der Waals surface area (Å²) >= 11 is 3.45. The SMILES string of the molecule is CCOC1CC(CC(=O)NC2(CBr)CC2)C1. The van der Waals surface area contributed by atoms with Gasteiger partial charge in [0.25, 0.3) is 0 Å². The van der Waals surface area contributed by atoms with Crippen LogP contribution in [0, 0.1) is 5.92 Å². The number of hydrogen-bond donors (Lipinski definition) is 1. The summed E-state index contributed by atoms with van der Waals surface area (Å²) in [5, 5.41) is 4.02. The van der Waals surface area contributed by atoms with Crippen molar-refractivity contribution in [1.29, 1.82) is 0 Å². The largest absolute Gasteiger partial charge is 0.378 e. The summed E-state index contributed by atoms with van der Waals surface area (Å²) < 4.78 is 5.48. The first-order chi connectivity index (χ1) is 7.67. The van der Waals surface area contributed by atoms with E-state index in [1.165, 1.54) is 0 Å². The topological polar surface area (TPSA) is 38.3 Å². The van der Waals surface area contributed by atoms with Gasteiger partial charge >= 0.3 is 0 Å². The zero-order valence-corrected chi connectivity index (χ0v) is 11.4. The Kier molecular flexibility index (Phi) is 3.90. The van der Waals surface area contributed by atoms with E-state index in [1.54, 1.807) is 0 Å². The first-order valence-corrected chi connectivity index (χ1v) is 7.28. The fraction of sp³-hybridized carbons (Fsp3) is 0.917. The second-order valence-corrected chi connectivity index (χ2v) is 5.64. The first-order valence-electron chi connectivity index (χ1n) is 6.16. The smallest absolute Gasteiger partial charge is 0.220 e. The molecule has 2 aliphatic rings. The van der Waals surface area contributed by atoms with Gasteiger partial charge in [-0.25, -0.2) is 0 Å². The van der Waals surface area contributed by atoms with Crippen LogP contribution in [0.1, 0.15) is 39.0 Å². The van der Waals surface area contributed by atoms with E-state index in [0.29, 0.717) is 18.4 Å². The van der Waals surface area contributed by atoms with Crippen molar-refractivity contribution < 1.29 is 9.53 Å². The first kappa shape index (κ1) is 12.4. The van der Waals surface area contributed by atoms with Crippen molar-refractivity contribution in [3.05, 3.63) is 0 Å². The highest BCUT2D eigenvalue weighted by molar-refractivity contribution is 9.09. The maximum absolute atomic E-state index is 11.8. The summed E-state index contributed by atoms with van der Waals surface area (Å²) in [6, 6.07) is 0. The number of amides is 1.